The zero-order chi connectivity index (χ0) is 12.0. The van der Waals surface area contributed by atoms with Crippen molar-refractivity contribution in [2.45, 2.75) is 27.7 Å². The molecule has 0 saturated heterocycles. The Hall–Kier alpha value is -0.590. The minimum atomic E-state index is -1.69. The summed E-state index contributed by atoms with van der Waals surface area (Å²) in [5.41, 5.74) is 1.25. The van der Waals surface area contributed by atoms with E-state index in [4.69, 9.17) is 9.05 Å². The van der Waals surface area contributed by atoms with Crippen molar-refractivity contribution >= 4 is 7.72 Å². The zero-order valence-corrected chi connectivity index (χ0v) is 11.6. The van der Waals surface area contributed by atoms with E-state index >= 15 is 0 Å². The lowest BCUT2D eigenvalue weighted by Crippen LogP contribution is -2.11. The fourth-order valence-corrected chi connectivity index (χ4v) is 3.69. The molecular weight excluding hydrogens is 219 g/mol. The first-order valence-corrected chi connectivity index (χ1v) is 7.93. The van der Waals surface area contributed by atoms with Gasteiger partial charge in [0.25, 0.3) is 0 Å². The van der Waals surface area contributed by atoms with Crippen molar-refractivity contribution in [1.82, 2.24) is 0 Å². The molecule has 3 heteroatoms. The molecule has 0 aromatic heterocycles. The number of aryl methyl sites for hydroxylation is 1. The first-order valence-electron chi connectivity index (χ1n) is 5.93. The Morgan fingerprint density at radius 2 is 1.56 bits per heavy atom. The van der Waals surface area contributed by atoms with Gasteiger partial charge in [-0.1, -0.05) is 17.7 Å². The lowest BCUT2D eigenvalue weighted by molar-refractivity contribution is 0.315. The van der Waals surface area contributed by atoms with E-state index in [1.54, 1.807) is 0 Å². The van der Waals surface area contributed by atoms with Crippen LogP contribution in [0.1, 0.15) is 26.3 Å². The van der Waals surface area contributed by atoms with Gasteiger partial charge in [0.1, 0.15) is 12.3 Å². The summed E-state index contributed by atoms with van der Waals surface area (Å²) in [6, 6.07) is 8.19. The molecule has 0 N–H and O–H groups in total. The highest BCUT2D eigenvalue weighted by atomic mass is 31.2. The summed E-state index contributed by atoms with van der Waals surface area (Å²) >= 11 is 0. The summed E-state index contributed by atoms with van der Waals surface area (Å²) in [5, 5.41) is 0. The Bertz CT molecular complexity index is 304. The fourth-order valence-electron chi connectivity index (χ4n) is 1.59. The molecule has 0 spiro atoms. The third kappa shape index (κ3) is 3.47. The molecule has 0 saturated carbocycles. The highest BCUT2D eigenvalue weighted by molar-refractivity contribution is 7.66. The molecule has 0 atom stereocenters. The molecule has 1 aromatic carbocycles. The van der Waals surface area contributed by atoms with E-state index in [9.17, 15) is 0 Å². The summed E-state index contributed by atoms with van der Waals surface area (Å²) in [7, 11) is -1.69. The number of benzene rings is 1. The minimum Gasteiger partial charge on any atom is -0.320 e. The van der Waals surface area contributed by atoms with Crippen LogP contribution in [0.3, 0.4) is 0 Å². The van der Waals surface area contributed by atoms with Crippen molar-refractivity contribution in [3.8, 4) is 5.75 Å². The van der Waals surface area contributed by atoms with Crippen LogP contribution in [0.4, 0.5) is 0 Å². The molecule has 1 aromatic rings. The molecule has 0 aliphatic heterocycles. The van der Waals surface area contributed by atoms with Gasteiger partial charge in [-0.2, -0.15) is 4.52 Å². The zero-order valence-electron chi connectivity index (χ0n) is 10.7. The maximum atomic E-state index is 6.08. The molecule has 1 rings (SSSR count). The Labute approximate surface area is 99.5 Å². The maximum absolute atomic E-state index is 6.08. The topological polar surface area (TPSA) is 18.5 Å². The van der Waals surface area contributed by atoms with E-state index in [1.807, 2.05) is 19.1 Å². The highest BCUT2D eigenvalue weighted by Gasteiger charge is 2.39. The third-order valence-electron chi connectivity index (χ3n) is 2.62. The largest absolute Gasteiger partial charge is 0.320 e. The first kappa shape index (κ1) is 13.5. The van der Waals surface area contributed by atoms with E-state index in [0.29, 0.717) is 0 Å². The summed E-state index contributed by atoms with van der Waals surface area (Å²) in [6.07, 6.45) is 1.93. The van der Waals surface area contributed by atoms with Gasteiger partial charge in [0.05, 0.1) is 6.61 Å². The second-order valence-corrected chi connectivity index (χ2v) is 7.10. The van der Waals surface area contributed by atoms with Gasteiger partial charge in [0, 0.05) is 0 Å². The smallest absolute Gasteiger partial charge is 0.319 e. The summed E-state index contributed by atoms with van der Waals surface area (Å²) in [5.74, 6) is 0.927. The van der Waals surface area contributed by atoms with Crippen LogP contribution in [0.2, 0.25) is 0 Å². The van der Waals surface area contributed by atoms with E-state index in [1.165, 1.54) is 5.56 Å². The van der Waals surface area contributed by atoms with Crippen molar-refractivity contribution in [2.24, 2.45) is 0 Å². The van der Waals surface area contributed by atoms with Crippen LogP contribution in [-0.4, -0.2) is 18.9 Å². The Morgan fingerprint density at radius 3 is 2.00 bits per heavy atom. The van der Waals surface area contributed by atoms with Gasteiger partial charge >= 0.3 is 7.72 Å². The summed E-state index contributed by atoms with van der Waals surface area (Å²) < 4.78 is 11.9. The second-order valence-electron chi connectivity index (χ2n) is 3.77. The van der Waals surface area contributed by atoms with Gasteiger partial charge < -0.3 is 4.52 Å². The predicted octanol–water partition coefficient (Wildman–Crippen LogP) is 4.30. The minimum absolute atomic E-state index is 0.724. The molecule has 90 valence electrons. The molecule has 0 fully saturated rings. The lowest BCUT2D eigenvalue weighted by atomic mass is 10.2. The third-order valence-corrected chi connectivity index (χ3v) is 5.82. The van der Waals surface area contributed by atoms with Gasteiger partial charge in [-0.05, 0) is 39.8 Å². The number of hydrogen-bond acceptors (Lipinski definition) is 2. The van der Waals surface area contributed by atoms with Crippen molar-refractivity contribution in [3.05, 3.63) is 29.8 Å². The van der Waals surface area contributed by atoms with E-state index in [2.05, 4.69) is 32.9 Å². The Kier molecular flexibility index (Phi) is 5.24. The van der Waals surface area contributed by atoms with Gasteiger partial charge in [-0.15, -0.1) is 0 Å². The highest BCUT2D eigenvalue weighted by Crippen LogP contribution is 2.59. The molecule has 0 aliphatic rings. The summed E-state index contributed by atoms with van der Waals surface area (Å²) in [4.78, 5) is 0. The van der Waals surface area contributed by atoms with Crippen LogP contribution in [0.5, 0.6) is 5.75 Å². The average Bonchev–Trinajstić information content (AvgIpc) is 2.31. The Morgan fingerprint density at radius 1 is 1.00 bits per heavy atom. The second kappa shape index (κ2) is 6.22. The molecule has 0 amide bonds. The van der Waals surface area contributed by atoms with Crippen molar-refractivity contribution in [1.29, 1.82) is 0 Å². The molecule has 0 radical (unpaired) electrons. The van der Waals surface area contributed by atoms with Crippen LogP contribution in [0.15, 0.2) is 24.3 Å². The van der Waals surface area contributed by atoms with Crippen molar-refractivity contribution in [2.75, 3.05) is 18.9 Å². The maximum Gasteiger partial charge on any atom is 0.319 e. The summed E-state index contributed by atoms with van der Waals surface area (Å²) in [6.45, 7) is 9.11. The van der Waals surface area contributed by atoms with Crippen LogP contribution in [-0.2, 0) is 4.52 Å². The standard InChI is InChI=1S/C13H22O2P/c1-5-14-16(6-2,7-3)15-13-10-8-12(4)9-11-13/h8-11H,5-7H2,1-4H3/q+1. The Balaban J connectivity index is 2.78. The fraction of sp³-hybridized carbons (Fsp3) is 0.538. The average molecular weight is 241 g/mol. The van der Waals surface area contributed by atoms with E-state index in [0.717, 1.165) is 24.7 Å². The molecular formula is C13H22O2P+. The van der Waals surface area contributed by atoms with Crippen LogP contribution in [0, 0.1) is 6.92 Å². The van der Waals surface area contributed by atoms with E-state index < -0.39 is 7.72 Å². The SMILES string of the molecule is CCO[P+](CC)(CC)Oc1ccc(C)cc1. The van der Waals surface area contributed by atoms with Crippen molar-refractivity contribution in [3.63, 3.8) is 0 Å². The van der Waals surface area contributed by atoms with Crippen LogP contribution < -0.4 is 4.52 Å². The van der Waals surface area contributed by atoms with Gasteiger partial charge in [0.15, 0.2) is 5.75 Å². The van der Waals surface area contributed by atoms with Gasteiger partial charge in [0.2, 0.25) is 0 Å². The van der Waals surface area contributed by atoms with Gasteiger partial charge in [-0.3, -0.25) is 0 Å². The van der Waals surface area contributed by atoms with Gasteiger partial charge in [-0.25, -0.2) is 0 Å². The lowest BCUT2D eigenvalue weighted by Gasteiger charge is -2.21. The molecule has 0 unspecified atom stereocenters. The van der Waals surface area contributed by atoms with Crippen LogP contribution in [0.25, 0.3) is 0 Å². The quantitative estimate of drug-likeness (QED) is 0.691. The van der Waals surface area contributed by atoms with Crippen molar-refractivity contribution < 1.29 is 9.05 Å². The molecule has 2 nitrogen and oxygen atoms in total. The molecule has 16 heavy (non-hydrogen) atoms. The van der Waals surface area contributed by atoms with Crippen LogP contribution >= 0.6 is 7.72 Å². The molecule has 0 heterocycles. The molecule has 0 bridgehead atoms. The first-order chi connectivity index (χ1) is 7.65. The monoisotopic (exact) mass is 241 g/mol. The normalized spacial score (nSPS) is 11.5. The predicted molar refractivity (Wildman–Crippen MR) is 71.4 cm³/mol. The van der Waals surface area contributed by atoms with E-state index in [-0.39, 0.29) is 0 Å². The molecule has 0 aliphatic carbocycles. The number of rotatable bonds is 6. The number of hydrogen-bond donors (Lipinski definition) is 0.